The van der Waals surface area contributed by atoms with Crippen molar-refractivity contribution in [3.8, 4) is 5.75 Å². The minimum absolute atomic E-state index is 0.118. The Balaban J connectivity index is 1.88. The monoisotopic (exact) mass is 370 g/mol. The number of hydrogen-bond acceptors (Lipinski definition) is 4. The molecule has 1 N–H and O–H groups in total. The fraction of sp³-hybridized carbons (Fsp3) is 0.214. The van der Waals surface area contributed by atoms with Crippen LogP contribution in [0.5, 0.6) is 5.75 Å². The average Bonchev–Trinajstić information content (AvgIpc) is 2.44. The fourth-order valence-corrected chi connectivity index (χ4v) is 3.19. The van der Waals surface area contributed by atoms with Gasteiger partial charge < -0.3 is 4.74 Å². The van der Waals surface area contributed by atoms with E-state index >= 15 is 0 Å². The molecule has 0 fully saturated rings. The number of pyridine rings is 1. The molecular weight excluding hydrogens is 356 g/mol. The van der Waals surface area contributed by atoms with Gasteiger partial charge in [-0.15, -0.1) is 0 Å². The van der Waals surface area contributed by atoms with Crippen molar-refractivity contribution in [1.29, 1.82) is 0 Å². The van der Waals surface area contributed by atoms with Gasteiger partial charge in [-0.25, -0.2) is 13.1 Å². The predicted molar refractivity (Wildman–Crippen MR) is 83.8 cm³/mol. The highest BCUT2D eigenvalue weighted by atomic mass is 79.9. The second-order valence-corrected chi connectivity index (χ2v) is 7.08. The summed E-state index contributed by atoms with van der Waals surface area (Å²) in [5, 5.41) is 0. The summed E-state index contributed by atoms with van der Waals surface area (Å²) >= 11 is 3.19. The maximum absolute atomic E-state index is 12.0. The van der Waals surface area contributed by atoms with Crippen LogP contribution in [0.1, 0.15) is 5.56 Å². The first-order chi connectivity index (χ1) is 9.97. The molecule has 112 valence electrons. The molecule has 0 bridgehead atoms. The number of nitrogens with zero attached hydrogens (tertiary/aromatic N) is 1. The third kappa shape index (κ3) is 4.80. The van der Waals surface area contributed by atoms with E-state index in [2.05, 4.69) is 25.6 Å². The van der Waals surface area contributed by atoms with E-state index in [0.29, 0.717) is 4.47 Å². The molecule has 0 saturated heterocycles. The Bertz CT molecular complexity index is 720. The molecule has 2 aromatic rings. The van der Waals surface area contributed by atoms with E-state index in [4.69, 9.17) is 4.74 Å². The van der Waals surface area contributed by atoms with E-state index in [1.165, 1.54) is 18.5 Å². The molecule has 0 aliphatic heterocycles. The highest BCUT2D eigenvalue weighted by Crippen LogP contribution is 2.14. The zero-order chi connectivity index (χ0) is 15.3. The molecule has 0 unspecified atom stereocenters. The largest absolute Gasteiger partial charge is 0.492 e. The zero-order valence-corrected chi connectivity index (χ0v) is 13.8. The van der Waals surface area contributed by atoms with Crippen molar-refractivity contribution in [2.24, 2.45) is 0 Å². The summed E-state index contributed by atoms with van der Waals surface area (Å²) < 4.78 is 32.6. The summed E-state index contributed by atoms with van der Waals surface area (Å²) in [5.74, 6) is 0.721. The number of aryl methyl sites for hydroxylation is 1. The molecule has 1 aromatic carbocycles. The lowest BCUT2D eigenvalue weighted by Crippen LogP contribution is -2.28. The van der Waals surface area contributed by atoms with Crippen LogP contribution in [0.3, 0.4) is 0 Å². The molecule has 0 atom stereocenters. The Hall–Kier alpha value is -1.44. The summed E-state index contributed by atoms with van der Waals surface area (Å²) in [6.07, 6.45) is 2.83. The van der Waals surface area contributed by atoms with Crippen LogP contribution in [0.15, 0.2) is 52.1 Å². The van der Waals surface area contributed by atoms with Crippen LogP contribution >= 0.6 is 15.9 Å². The molecule has 2 rings (SSSR count). The average molecular weight is 371 g/mol. The number of halogens is 1. The third-order valence-electron chi connectivity index (χ3n) is 2.64. The van der Waals surface area contributed by atoms with Gasteiger partial charge in [-0.05, 0) is 46.6 Å². The summed E-state index contributed by atoms with van der Waals surface area (Å²) in [6, 6.07) is 9.08. The first-order valence-electron chi connectivity index (χ1n) is 6.27. The van der Waals surface area contributed by atoms with Gasteiger partial charge in [0.25, 0.3) is 0 Å². The number of ether oxygens (including phenoxy) is 1. The highest BCUT2D eigenvalue weighted by Gasteiger charge is 2.14. The maximum atomic E-state index is 12.0. The van der Waals surface area contributed by atoms with Gasteiger partial charge in [-0.3, -0.25) is 4.98 Å². The molecule has 0 spiro atoms. The van der Waals surface area contributed by atoms with Crippen molar-refractivity contribution in [2.75, 3.05) is 13.2 Å². The van der Waals surface area contributed by atoms with E-state index < -0.39 is 10.0 Å². The second kappa shape index (κ2) is 7.02. The number of nitrogens with one attached hydrogen (secondary N) is 1. The number of sulfonamides is 1. The maximum Gasteiger partial charge on any atom is 0.242 e. The lowest BCUT2D eigenvalue weighted by atomic mass is 10.2. The van der Waals surface area contributed by atoms with Gasteiger partial charge in [0.1, 0.15) is 17.3 Å². The molecule has 0 aliphatic rings. The Morgan fingerprint density at radius 2 is 2.10 bits per heavy atom. The third-order valence-corrected chi connectivity index (χ3v) is 4.50. The van der Waals surface area contributed by atoms with Gasteiger partial charge in [0, 0.05) is 23.4 Å². The lowest BCUT2D eigenvalue weighted by molar-refractivity contribution is 0.322. The van der Waals surface area contributed by atoms with Crippen LogP contribution < -0.4 is 9.46 Å². The molecule has 0 aliphatic carbocycles. The van der Waals surface area contributed by atoms with Crippen LogP contribution in [-0.2, 0) is 10.0 Å². The van der Waals surface area contributed by atoms with Gasteiger partial charge in [-0.2, -0.15) is 0 Å². The summed E-state index contributed by atoms with van der Waals surface area (Å²) in [4.78, 5) is 3.96. The van der Waals surface area contributed by atoms with Gasteiger partial charge in [0.2, 0.25) is 10.0 Å². The first kappa shape index (κ1) is 15.9. The predicted octanol–water partition coefficient (Wildman–Crippen LogP) is 2.51. The minimum Gasteiger partial charge on any atom is -0.492 e. The molecule has 1 heterocycles. The standard InChI is InChI=1S/C14H15BrN2O3S/c1-11-3-2-4-13(7-11)20-6-5-17-21(18,19)14-8-12(15)9-16-10-14/h2-4,7-10,17H,5-6H2,1H3. The van der Waals surface area contributed by atoms with Crippen molar-refractivity contribution < 1.29 is 13.2 Å². The Morgan fingerprint density at radius 3 is 2.81 bits per heavy atom. The Labute approximate surface area is 132 Å². The highest BCUT2D eigenvalue weighted by molar-refractivity contribution is 9.10. The SMILES string of the molecule is Cc1cccc(OCCNS(=O)(=O)c2cncc(Br)c2)c1. The summed E-state index contributed by atoms with van der Waals surface area (Å²) in [6.45, 7) is 2.41. The van der Waals surface area contributed by atoms with Crippen molar-refractivity contribution in [2.45, 2.75) is 11.8 Å². The van der Waals surface area contributed by atoms with Gasteiger partial charge >= 0.3 is 0 Å². The number of hydrogen-bond donors (Lipinski definition) is 1. The van der Waals surface area contributed by atoms with Crippen molar-refractivity contribution >= 4 is 26.0 Å². The van der Waals surface area contributed by atoms with Crippen molar-refractivity contribution in [3.05, 3.63) is 52.8 Å². The van der Waals surface area contributed by atoms with E-state index in [1.807, 2.05) is 31.2 Å². The van der Waals surface area contributed by atoms with E-state index in [9.17, 15) is 8.42 Å². The Kier molecular flexibility index (Phi) is 5.33. The first-order valence-corrected chi connectivity index (χ1v) is 8.55. The van der Waals surface area contributed by atoms with Crippen LogP contribution in [0.2, 0.25) is 0 Å². The molecule has 0 amide bonds. The van der Waals surface area contributed by atoms with Crippen molar-refractivity contribution in [3.63, 3.8) is 0 Å². The van der Waals surface area contributed by atoms with E-state index in [1.54, 1.807) is 0 Å². The molecule has 1 aromatic heterocycles. The van der Waals surface area contributed by atoms with E-state index in [-0.39, 0.29) is 18.0 Å². The van der Waals surface area contributed by atoms with Crippen LogP contribution in [0.25, 0.3) is 0 Å². The van der Waals surface area contributed by atoms with Crippen LogP contribution in [0, 0.1) is 6.92 Å². The topological polar surface area (TPSA) is 68.3 Å². The molecule has 0 saturated carbocycles. The van der Waals surface area contributed by atoms with Gasteiger partial charge in [-0.1, -0.05) is 12.1 Å². The summed E-state index contributed by atoms with van der Waals surface area (Å²) in [7, 11) is -3.57. The van der Waals surface area contributed by atoms with Crippen molar-refractivity contribution in [1.82, 2.24) is 9.71 Å². The molecule has 21 heavy (non-hydrogen) atoms. The molecule has 0 radical (unpaired) electrons. The quantitative estimate of drug-likeness (QED) is 0.793. The van der Waals surface area contributed by atoms with E-state index in [0.717, 1.165) is 11.3 Å². The number of benzene rings is 1. The normalized spacial score (nSPS) is 11.3. The van der Waals surface area contributed by atoms with Gasteiger partial charge in [0.15, 0.2) is 0 Å². The molecule has 5 nitrogen and oxygen atoms in total. The minimum atomic E-state index is -3.57. The van der Waals surface area contributed by atoms with Crippen LogP contribution in [-0.4, -0.2) is 26.6 Å². The lowest BCUT2D eigenvalue weighted by Gasteiger charge is -2.09. The fourth-order valence-electron chi connectivity index (χ4n) is 1.67. The molecular formula is C14H15BrN2O3S. The molecule has 7 heteroatoms. The number of aromatic nitrogens is 1. The summed E-state index contributed by atoms with van der Waals surface area (Å²) in [5.41, 5.74) is 1.09. The zero-order valence-electron chi connectivity index (χ0n) is 11.4. The van der Waals surface area contributed by atoms with Crippen LogP contribution in [0.4, 0.5) is 0 Å². The number of rotatable bonds is 6. The smallest absolute Gasteiger partial charge is 0.242 e. The Morgan fingerprint density at radius 1 is 1.29 bits per heavy atom. The van der Waals surface area contributed by atoms with Gasteiger partial charge in [0.05, 0.1) is 0 Å². The second-order valence-electron chi connectivity index (χ2n) is 4.40.